The molecule has 39 heavy (non-hydrogen) atoms. The van der Waals surface area contributed by atoms with Crippen LogP contribution >= 0.6 is 0 Å². The first-order valence-corrected chi connectivity index (χ1v) is 15.1. The van der Waals surface area contributed by atoms with Gasteiger partial charge in [-0.2, -0.15) is 4.24 Å². The van der Waals surface area contributed by atoms with Gasteiger partial charge in [-0.25, -0.2) is 4.58 Å². The quantitative estimate of drug-likeness (QED) is 0.420. The van der Waals surface area contributed by atoms with Crippen LogP contribution in [0.5, 0.6) is 0 Å². The molecular weight excluding hydrogens is 474 g/mol. The van der Waals surface area contributed by atoms with Crippen molar-refractivity contribution in [2.24, 2.45) is 0 Å². The molecule has 0 fully saturated rings. The molecule has 0 spiro atoms. The first-order chi connectivity index (χ1) is 19.3. The van der Waals surface area contributed by atoms with Crippen LogP contribution in [0.15, 0.2) is 60.3 Å². The van der Waals surface area contributed by atoms with Crippen molar-refractivity contribution in [3.63, 3.8) is 0 Å². The van der Waals surface area contributed by atoms with E-state index in [-0.39, 0.29) is 0 Å². The molecule has 0 saturated carbocycles. The second-order valence-corrected chi connectivity index (χ2v) is 11.9. The number of hydrogen-bond acceptors (Lipinski definition) is 1. The fourth-order valence-corrected chi connectivity index (χ4v) is 7.67. The lowest BCUT2D eigenvalue weighted by atomic mass is 9.90. The number of fused-ring (bicyclic) bond motifs is 5. The van der Waals surface area contributed by atoms with Crippen molar-refractivity contribution in [2.45, 2.75) is 57.8 Å². The monoisotopic (exact) mass is 511 g/mol. The maximum absolute atomic E-state index is 2.63. The predicted molar refractivity (Wildman–Crippen MR) is 159 cm³/mol. The molecule has 0 aliphatic carbocycles. The van der Waals surface area contributed by atoms with Crippen LogP contribution in [-0.4, -0.2) is 30.4 Å². The number of aromatic nitrogens is 1. The van der Waals surface area contributed by atoms with Crippen LogP contribution in [0.2, 0.25) is 0 Å². The van der Waals surface area contributed by atoms with Crippen LogP contribution in [0.25, 0.3) is 17.8 Å². The van der Waals surface area contributed by atoms with E-state index in [0.29, 0.717) is 0 Å². The summed E-state index contributed by atoms with van der Waals surface area (Å²) in [5.41, 5.74) is 11.6. The van der Waals surface area contributed by atoms with E-state index in [2.05, 4.69) is 93.0 Å². The van der Waals surface area contributed by atoms with E-state index in [1.54, 1.807) is 16.8 Å². The zero-order chi connectivity index (χ0) is 25.8. The summed E-state index contributed by atoms with van der Waals surface area (Å²) in [5, 5.41) is 4.19. The van der Waals surface area contributed by atoms with Gasteiger partial charge in [-0.1, -0.05) is 18.2 Å². The van der Waals surface area contributed by atoms with E-state index in [9.17, 15) is 0 Å². The highest BCUT2D eigenvalue weighted by Gasteiger charge is 2.26. The number of allylic oxidation sites excluding steroid dienone is 2. The van der Waals surface area contributed by atoms with Crippen LogP contribution in [-0.2, 0) is 19.3 Å². The molecule has 6 heterocycles. The average Bonchev–Trinajstić information content (AvgIpc) is 3.26. The minimum Gasteiger partial charge on any atom is -0.371 e. The highest BCUT2D eigenvalue weighted by molar-refractivity contribution is 5.70. The number of aryl methyl sites for hydroxylation is 3. The molecule has 0 atom stereocenters. The summed E-state index contributed by atoms with van der Waals surface area (Å²) in [7, 11) is 0. The molecule has 3 aromatic rings. The van der Waals surface area contributed by atoms with Crippen molar-refractivity contribution in [2.75, 3.05) is 24.5 Å². The summed E-state index contributed by atoms with van der Waals surface area (Å²) in [6, 6.07) is 16.3. The number of rotatable bonds is 2. The number of benzene rings is 2. The van der Waals surface area contributed by atoms with Crippen molar-refractivity contribution >= 4 is 29.8 Å². The smallest absolute Gasteiger partial charge is 0.219 e. The Morgan fingerprint density at radius 3 is 2.49 bits per heavy atom. The summed E-state index contributed by atoms with van der Waals surface area (Å²) in [6.07, 6.45) is 25.0. The van der Waals surface area contributed by atoms with Crippen molar-refractivity contribution in [3.05, 3.63) is 110 Å². The van der Waals surface area contributed by atoms with E-state index in [1.807, 2.05) is 0 Å². The molecule has 3 heteroatoms. The second kappa shape index (κ2) is 9.48. The van der Waals surface area contributed by atoms with Crippen LogP contribution in [0, 0.1) is 16.8 Å². The van der Waals surface area contributed by atoms with Gasteiger partial charge < -0.3 is 4.90 Å². The van der Waals surface area contributed by atoms with Crippen molar-refractivity contribution < 1.29 is 8.82 Å². The van der Waals surface area contributed by atoms with Gasteiger partial charge in [0.2, 0.25) is 5.35 Å². The van der Waals surface area contributed by atoms with E-state index < -0.39 is 0 Å². The summed E-state index contributed by atoms with van der Waals surface area (Å²) < 4.78 is 4.92. The van der Waals surface area contributed by atoms with Gasteiger partial charge in [0.1, 0.15) is 12.8 Å². The van der Waals surface area contributed by atoms with Crippen LogP contribution < -0.4 is 14.4 Å². The molecule has 1 aromatic heterocycles. The lowest BCUT2D eigenvalue weighted by molar-refractivity contribution is -0.519. The standard InChI is InChI=1S/C36H37N3/c1-3-17-37-19-5-8-28-15-16-29-24-27(25-39-18-4-2-12-33(39)35(29)34(28)32(37)11-1)14-13-26-22-30-9-6-20-38-21-7-10-31(23-26)36(30)38/h2,4,12-18,22-25H,1,3,5-11,19-21H2/q+2. The molecule has 0 bridgehead atoms. The minimum absolute atomic E-state index is 1.14. The highest BCUT2D eigenvalue weighted by atomic mass is 15.1. The van der Waals surface area contributed by atoms with Crippen molar-refractivity contribution in [1.82, 2.24) is 0 Å². The molecule has 0 unspecified atom stereocenters. The first-order valence-electron chi connectivity index (χ1n) is 15.1. The lowest BCUT2D eigenvalue weighted by Gasteiger charge is -2.37. The largest absolute Gasteiger partial charge is 0.371 e. The first kappa shape index (κ1) is 23.2. The Kier molecular flexibility index (Phi) is 5.64. The van der Waals surface area contributed by atoms with Gasteiger partial charge >= 0.3 is 0 Å². The van der Waals surface area contributed by atoms with E-state index >= 15 is 0 Å². The Bertz CT molecular complexity index is 1790. The summed E-state index contributed by atoms with van der Waals surface area (Å²) >= 11 is 0. The third-order valence-electron chi connectivity index (χ3n) is 9.35. The van der Waals surface area contributed by atoms with Crippen molar-refractivity contribution in [3.8, 4) is 0 Å². The molecule has 194 valence electrons. The Morgan fingerprint density at radius 2 is 1.62 bits per heavy atom. The second-order valence-electron chi connectivity index (χ2n) is 11.9. The minimum atomic E-state index is 1.14. The zero-order valence-corrected chi connectivity index (χ0v) is 22.8. The van der Waals surface area contributed by atoms with Gasteiger partial charge in [-0.3, -0.25) is 0 Å². The maximum Gasteiger partial charge on any atom is 0.219 e. The van der Waals surface area contributed by atoms with E-state index in [1.165, 1.54) is 108 Å². The van der Waals surface area contributed by atoms with Gasteiger partial charge in [-0.05, 0) is 96.7 Å². The topological polar surface area (TPSA) is 12.2 Å². The summed E-state index contributed by atoms with van der Waals surface area (Å²) in [6.45, 7) is 3.60. The molecule has 0 radical (unpaired) electrons. The number of anilines is 1. The van der Waals surface area contributed by atoms with Crippen molar-refractivity contribution in [1.29, 1.82) is 0 Å². The predicted octanol–water partition coefficient (Wildman–Crippen LogP) is 5.40. The molecule has 5 aliphatic rings. The van der Waals surface area contributed by atoms with Gasteiger partial charge in [0.05, 0.1) is 10.4 Å². The van der Waals surface area contributed by atoms with E-state index in [4.69, 9.17) is 0 Å². The Morgan fingerprint density at radius 1 is 0.769 bits per heavy atom. The van der Waals surface area contributed by atoms with Gasteiger partial charge in [0.15, 0.2) is 18.1 Å². The highest BCUT2D eigenvalue weighted by Crippen LogP contribution is 2.36. The van der Waals surface area contributed by atoms with E-state index in [0.717, 1.165) is 13.0 Å². The Labute approximate surface area is 230 Å². The third-order valence-corrected chi connectivity index (χ3v) is 9.35. The molecule has 2 aromatic carbocycles. The van der Waals surface area contributed by atoms with Gasteiger partial charge in [-0.15, -0.1) is 0 Å². The summed E-state index contributed by atoms with van der Waals surface area (Å²) in [5.74, 6) is 0. The molecular formula is C36H37N3+2. The van der Waals surface area contributed by atoms with Crippen LogP contribution in [0.1, 0.15) is 66.3 Å². The molecule has 0 saturated heterocycles. The molecule has 0 N–H and O–H groups in total. The SMILES string of the molecule is C(=Cc1cc2c3c(c1)CCCN3CCC2)C1=Cc2ccc3c(c2=c2cccc[n+]2=C1)=C1CCCC=[N+]1CCC3. The van der Waals surface area contributed by atoms with Gasteiger partial charge in [0, 0.05) is 55.7 Å². The molecule has 0 amide bonds. The summed E-state index contributed by atoms with van der Waals surface area (Å²) in [4.78, 5) is 2.63. The van der Waals surface area contributed by atoms with Gasteiger partial charge in [0.25, 0.3) is 0 Å². The third kappa shape index (κ3) is 4.02. The zero-order valence-electron chi connectivity index (χ0n) is 22.8. The number of nitrogens with zero attached hydrogens (tertiary/aromatic N) is 3. The number of hydrogen-bond donors (Lipinski definition) is 0. The number of pyridine rings is 1. The fourth-order valence-electron chi connectivity index (χ4n) is 7.67. The molecule has 8 rings (SSSR count). The lowest BCUT2D eigenvalue weighted by Crippen LogP contribution is -2.34. The normalized spacial score (nSPS) is 19.4. The average molecular weight is 512 g/mol. The fraction of sp³-hybridized carbons (Fsp3) is 0.333. The van der Waals surface area contributed by atoms with Crippen LogP contribution in [0.3, 0.4) is 0 Å². The molecule has 3 nitrogen and oxygen atoms in total. The Hall–Kier alpha value is -3.72. The Balaban J connectivity index is 1.31. The molecule has 5 aliphatic heterocycles. The maximum atomic E-state index is 2.63. The van der Waals surface area contributed by atoms with Crippen LogP contribution in [0.4, 0.5) is 5.69 Å².